The minimum Gasteiger partial charge on any atom is -0.497 e. The van der Waals surface area contributed by atoms with Crippen LogP contribution in [0.2, 0.25) is 0 Å². The first-order valence-electron chi connectivity index (χ1n) is 10.6. The number of carbonyl (C=O) groups excluding carboxylic acids is 1. The number of hydrogen-bond acceptors (Lipinski definition) is 5. The molecule has 2 bridgehead atoms. The molecule has 1 amide bonds. The average molecular weight is 415 g/mol. The number of rotatable bonds is 8. The van der Waals surface area contributed by atoms with Crippen LogP contribution in [-0.4, -0.2) is 39.6 Å². The van der Waals surface area contributed by atoms with Crippen LogP contribution in [0.4, 0.5) is 0 Å². The van der Waals surface area contributed by atoms with E-state index < -0.39 is 0 Å². The van der Waals surface area contributed by atoms with Crippen molar-refractivity contribution in [1.29, 1.82) is 0 Å². The zero-order valence-corrected chi connectivity index (χ0v) is 18.2. The highest BCUT2D eigenvalue weighted by atomic mass is 32.2. The summed E-state index contributed by atoms with van der Waals surface area (Å²) in [4.78, 5) is 12.5. The molecule has 1 aromatic carbocycles. The van der Waals surface area contributed by atoms with Crippen LogP contribution in [0.15, 0.2) is 29.4 Å². The Bertz CT molecular complexity index is 851. The number of nitrogens with zero attached hydrogens (tertiary/aromatic N) is 3. The largest absolute Gasteiger partial charge is 0.497 e. The molecule has 1 heterocycles. The molecule has 156 valence electrons. The topological polar surface area (TPSA) is 69.0 Å². The van der Waals surface area contributed by atoms with Gasteiger partial charge in [-0.1, -0.05) is 18.2 Å². The minimum atomic E-state index is 0.0851. The maximum atomic E-state index is 12.5. The molecule has 2 aromatic rings. The van der Waals surface area contributed by atoms with Gasteiger partial charge in [0.25, 0.3) is 0 Å². The third-order valence-electron chi connectivity index (χ3n) is 6.54. The summed E-state index contributed by atoms with van der Waals surface area (Å²) in [5.41, 5.74) is 0.987. The molecular weight excluding hydrogens is 384 g/mol. The molecule has 7 heteroatoms. The second kappa shape index (κ2) is 8.78. The second-order valence-electron chi connectivity index (χ2n) is 8.26. The molecule has 4 rings (SSSR count). The zero-order valence-electron chi connectivity index (χ0n) is 17.4. The van der Waals surface area contributed by atoms with Crippen molar-refractivity contribution in [3.05, 3.63) is 24.3 Å². The van der Waals surface area contributed by atoms with E-state index in [9.17, 15) is 4.79 Å². The molecule has 29 heavy (non-hydrogen) atoms. The van der Waals surface area contributed by atoms with E-state index in [1.165, 1.54) is 37.4 Å². The number of ether oxygens (including phenoxy) is 1. The van der Waals surface area contributed by atoms with Crippen LogP contribution in [0.3, 0.4) is 0 Å². The molecule has 2 aliphatic carbocycles. The quantitative estimate of drug-likeness (QED) is 0.661. The first kappa shape index (κ1) is 20.3. The lowest BCUT2D eigenvalue weighted by Gasteiger charge is -2.28. The van der Waals surface area contributed by atoms with E-state index >= 15 is 0 Å². The van der Waals surface area contributed by atoms with Crippen molar-refractivity contribution in [1.82, 2.24) is 20.1 Å². The van der Waals surface area contributed by atoms with Gasteiger partial charge >= 0.3 is 0 Å². The molecule has 0 saturated heterocycles. The van der Waals surface area contributed by atoms with E-state index in [0.29, 0.717) is 11.7 Å². The predicted octanol–water partition coefficient (Wildman–Crippen LogP) is 4.01. The van der Waals surface area contributed by atoms with Crippen molar-refractivity contribution in [2.24, 2.45) is 17.8 Å². The van der Waals surface area contributed by atoms with Gasteiger partial charge in [0.1, 0.15) is 5.75 Å². The number of methoxy groups -OCH3 is 1. The average Bonchev–Trinajstić information content (AvgIpc) is 3.47. The number of thioether (sulfide) groups is 1. The summed E-state index contributed by atoms with van der Waals surface area (Å²) in [5.74, 6) is 4.45. The first-order chi connectivity index (χ1) is 14.1. The maximum Gasteiger partial charge on any atom is 0.230 e. The molecule has 4 unspecified atom stereocenters. The van der Waals surface area contributed by atoms with Gasteiger partial charge in [-0.2, -0.15) is 0 Å². The molecule has 1 N–H and O–H groups in total. The summed E-state index contributed by atoms with van der Waals surface area (Å²) in [7, 11) is 1.65. The minimum absolute atomic E-state index is 0.0851. The smallest absolute Gasteiger partial charge is 0.230 e. The van der Waals surface area contributed by atoms with Crippen molar-refractivity contribution in [2.45, 2.75) is 57.3 Å². The Balaban J connectivity index is 1.35. The maximum absolute atomic E-state index is 12.5. The van der Waals surface area contributed by atoms with Crippen LogP contribution >= 0.6 is 11.8 Å². The summed E-state index contributed by atoms with van der Waals surface area (Å²) in [6.45, 7) is 4.99. The van der Waals surface area contributed by atoms with Crippen LogP contribution in [0.25, 0.3) is 11.4 Å². The Labute approximate surface area is 176 Å². The number of amides is 1. The van der Waals surface area contributed by atoms with Crippen molar-refractivity contribution in [2.75, 3.05) is 12.9 Å². The molecule has 0 aliphatic heterocycles. The highest BCUT2D eigenvalue weighted by molar-refractivity contribution is 7.99. The lowest BCUT2D eigenvalue weighted by atomic mass is 9.84. The van der Waals surface area contributed by atoms with Crippen LogP contribution in [0.5, 0.6) is 5.75 Å². The number of aromatic nitrogens is 3. The Hall–Kier alpha value is -2.02. The highest BCUT2D eigenvalue weighted by Gasteiger charge is 2.42. The predicted molar refractivity (Wildman–Crippen MR) is 115 cm³/mol. The van der Waals surface area contributed by atoms with Gasteiger partial charge in [-0.3, -0.25) is 4.79 Å². The zero-order chi connectivity index (χ0) is 20.4. The second-order valence-corrected chi connectivity index (χ2v) is 9.21. The summed E-state index contributed by atoms with van der Waals surface area (Å²) < 4.78 is 7.28. The van der Waals surface area contributed by atoms with Gasteiger partial charge in [0.05, 0.1) is 12.9 Å². The summed E-state index contributed by atoms with van der Waals surface area (Å²) >= 11 is 1.46. The standard InChI is InChI=1S/C22H30N4O2S/c1-4-26-21(16-7-9-18(28-3)10-8-16)24-25-22(26)29-13-20(27)23-14(2)19-12-15-5-6-17(19)11-15/h7-10,14-15,17,19H,4-6,11-13H2,1-3H3,(H,23,27). The van der Waals surface area contributed by atoms with Gasteiger partial charge in [0, 0.05) is 18.2 Å². The fourth-order valence-electron chi connectivity index (χ4n) is 5.07. The van der Waals surface area contributed by atoms with Gasteiger partial charge < -0.3 is 14.6 Å². The third kappa shape index (κ3) is 4.29. The number of nitrogens with one attached hydrogen (secondary N) is 1. The van der Waals surface area contributed by atoms with Crippen molar-refractivity contribution in [3.8, 4) is 17.1 Å². The van der Waals surface area contributed by atoms with Crippen LogP contribution in [0.1, 0.15) is 39.5 Å². The monoisotopic (exact) mass is 414 g/mol. The molecular formula is C22H30N4O2S. The van der Waals surface area contributed by atoms with E-state index in [1.807, 2.05) is 24.3 Å². The van der Waals surface area contributed by atoms with Crippen LogP contribution in [0, 0.1) is 17.8 Å². The molecule has 2 fully saturated rings. The SMILES string of the molecule is CCn1c(SCC(=O)NC(C)C2CC3CCC2C3)nnc1-c1ccc(OC)cc1. The molecule has 4 atom stereocenters. The first-order valence-corrected chi connectivity index (χ1v) is 11.6. The number of benzene rings is 1. The van der Waals surface area contributed by atoms with Crippen LogP contribution in [-0.2, 0) is 11.3 Å². The van der Waals surface area contributed by atoms with Gasteiger partial charge in [0.15, 0.2) is 11.0 Å². The lowest BCUT2D eigenvalue weighted by Crippen LogP contribution is -2.40. The van der Waals surface area contributed by atoms with E-state index in [-0.39, 0.29) is 11.9 Å². The summed E-state index contributed by atoms with van der Waals surface area (Å²) in [6, 6.07) is 8.06. The molecule has 2 saturated carbocycles. The molecule has 0 spiro atoms. The molecule has 1 aromatic heterocycles. The van der Waals surface area contributed by atoms with Crippen molar-refractivity contribution in [3.63, 3.8) is 0 Å². The van der Waals surface area contributed by atoms with Gasteiger partial charge in [-0.25, -0.2) is 0 Å². The Morgan fingerprint density at radius 1 is 1.28 bits per heavy atom. The summed E-state index contributed by atoms with van der Waals surface area (Å²) in [5, 5.41) is 12.7. The van der Waals surface area contributed by atoms with Crippen molar-refractivity contribution >= 4 is 17.7 Å². The molecule has 0 radical (unpaired) electrons. The van der Waals surface area contributed by atoms with Crippen molar-refractivity contribution < 1.29 is 9.53 Å². The third-order valence-corrected chi connectivity index (χ3v) is 7.50. The molecule has 6 nitrogen and oxygen atoms in total. The van der Waals surface area contributed by atoms with E-state index in [4.69, 9.17) is 4.74 Å². The Morgan fingerprint density at radius 3 is 2.69 bits per heavy atom. The normalized spacial score (nSPS) is 23.9. The lowest BCUT2D eigenvalue weighted by molar-refractivity contribution is -0.119. The number of hydrogen-bond donors (Lipinski definition) is 1. The molecule has 2 aliphatic rings. The summed E-state index contributed by atoms with van der Waals surface area (Å²) in [6.07, 6.45) is 5.39. The Morgan fingerprint density at radius 2 is 2.07 bits per heavy atom. The fraction of sp³-hybridized carbons (Fsp3) is 0.591. The van der Waals surface area contributed by atoms with Gasteiger partial charge in [0.2, 0.25) is 5.91 Å². The Kier molecular flexibility index (Phi) is 6.13. The van der Waals surface area contributed by atoms with Crippen LogP contribution < -0.4 is 10.1 Å². The highest BCUT2D eigenvalue weighted by Crippen LogP contribution is 2.49. The van der Waals surface area contributed by atoms with E-state index in [2.05, 4.69) is 33.9 Å². The van der Waals surface area contributed by atoms with Gasteiger partial charge in [-0.05, 0) is 75.1 Å². The van der Waals surface area contributed by atoms with E-state index in [0.717, 1.165) is 40.7 Å². The number of carbonyl (C=O) groups is 1. The fourth-order valence-corrected chi connectivity index (χ4v) is 5.89. The van der Waals surface area contributed by atoms with E-state index in [1.54, 1.807) is 7.11 Å². The van der Waals surface area contributed by atoms with Gasteiger partial charge in [-0.15, -0.1) is 10.2 Å². The number of fused-ring (bicyclic) bond motifs is 2.